The second-order valence-corrected chi connectivity index (χ2v) is 7.86. The molecule has 0 atom stereocenters. The van der Waals surface area contributed by atoms with Crippen LogP contribution >= 0.6 is 0 Å². The van der Waals surface area contributed by atoms with Crippen LogP contribution in [0.5, 0.6) is 0 Å². The normalized spacial score (nSPS) is 15.1. The molecule has 1 amide bonds. The molecule has 0 unspecified atom stereocenters. The average Bonchev–Trinajstić information content (AvgIpc) is 3.37. The van der Waals surface area contributed by atoms with Crippen LogP contribution in [0.4, 0.5) is 0 Å². The quantitative estimate of drug-likeness (QED) is 0.518. The number of benzene rings is 2. The average molecular weight is 401 g/mol. The molecule has 3 heterocycles. The molecule has 0 spiro atoms. The fraction of sp³-hybridized carbons (Fsp3) is 0.304. The third-order valence-electron chi connectivity index (χ3n) is 5.79. The van der Waals surface area contributed by atoms with Crippen molar-refractivity contribution in [2.45, 2.75) is 32.6 Å². The fourth-order valence-corrected chi connectivity index (χ4v) is 4.08. The fourth-order valence-electron chi connectivity index (χ4n) is 4.08. The van der Waals surface area contributed by atoms with Crippen molar-refractivity contribution in [3.63, 3.8) is 0 Å². The minimum Gasteiger partial charge on any atom is -0.440 e. The van der Waals surface area contributed by atoms with Gasteiger partial charge >= 0.3 is 0 Å². The molecule has 2 aromatic heterocycles. The standard InChI is InChI=1S/C23H23N5O2/c1-15-6-5-7-18(14-15)28-16(2)21(25-26-28)23(29)27-12-10-17(11-13-27)22-24-19-8-3-4-9-20(19)30-22/h3-9,14,17H,10-13H2,1-2H3. The number of para-hydroxylation sites is 2. The molecule has 7 heteroatoms. The highest BCUT2D eigenvalue weighted by Gasteiger charge is 2.30. The van der Waals surface area contributed by atoms with Gasteiger partial charge in [-0.2, -0.15) is 0 Å². The first-order chi connectivity index (χ1) is 14.6. The monoisotopic (exact) mass is 401 g/mol. The van der Waals surface area contributed by atoms with E-state index >= 15 is 0 Å². The lowest BCUT2D eigenvalue weighted by Crippen LogP contribution is -2.38. The van der Waals surface area contributed by atoms with Crippen molar-refractivity contribution in [2.75, 3.05) is 13.1 Å². The molecule has 30 heavy (non-hydrogen) atoms. The predicted molar refractivity (Wildman–Crippen MR) is 113 cm³/mol. The Hall–Kier alpha value is -3.48. The summed E-state index contributed by atoms with van der Waals surface area (Å²) in [5.41, 5.74) is 4.91. The van der Waals surface area contributed by atoms with Crippen LogP contribution in [0.1, 0.15) is 46.4 Å². The van der Waals surface area contributed by atoms with Crippen molar-refractivity contribution in [1.29, 1.82) is 0 Å². The number of hydrogen-bond acceptors (Lipinski definition) is 5. The minimum absolute atomic E-state index is 0.0672. The number of fused-ring (bicyclic) bond motifs is 1. The highest BCUT2D eigenvalue weighted by Crippen LogP contribution is 2.30. The molecule has 0 saturated carbocycles. The Kier molecular flexibility index (Phi) is 4.58. The van der Waals surface area contributed by atoms with Crippen molar-refractivity contribution in [3.8, 4) is 5.69 Å². The van der Waals surface area contributed by atoms with E-state index in [-0.39, 0.29) is 11.8 Å². The number of likely N-dealkylation sites (tertiary alicyclic amines) is 1. The van der Waals surface area contributed by atoms with Crippen molar-refractivity contribution in [2.24, 2.45) is 0 Å². The third kappa shape index (κ3) is 3.26. The van der Waals surface area contributed by atoms with Crippen LogP contribution in [-0.4, -0.2) is 43.9 Å². The first-order valence-corrected chi connectivity index (χ1v) is 10.2. The van der Waals surface area contributed by atoms with Gasteiger partial charge < -0.3 is 9.32 Å². The zero-order valence-corrected chi connectivity index (χ0v) is 17.1. The van der Waals surface area contributed by atoms with E-state index in [1.165, 1.54) is 0 Å². The van der Waals surface area contributed by atoms with Crippen LogP contribution in [-0.2, 0) is 0 Å². The highest BCUT2D eigenvalue weighted by molar-refractivity contribution is 5.93. The number of aryl methyl sites for hydroxylation is 1. The lowest BCUT2D eigenvalue weighted by atomic mass is 9.96. The second kappa shape index (κ2) is 7.40. The predicted octanol–water partition coefficient (Wildman–Crippen LogP) is 4.05. The summed E-state index contributed by atoms with van der Waals surface area (Å²) >= 11 is 0. The number of nitrogens with zero attached hydrogens (tertiary/aromatic N) is 5. The van der Waals surface area contributed by atoms with Gasteiger partial charge in [0, 0.05) is 19.0 Å². The summed E-state index contributed by atoms with van der Waals surface area (Å²) in [6, 6.07) is 15.8. The van der Waals surface area contributed by atoms with E-state index in [1.807, 2.05) is 67.3 Å². The molecule has 1 fully saturated rings. The smallest absolute Gasteiger partial charge is 0.276 e. The summed E-state index contributed by atoms with van der Waals surface area (Å²) < 4.78 is 7.66. The van der Waals surface area contributed by atoms with Gasteiger partial charge in [0.2, 0.25) is 0 Å². The third-order valence-corrected chi connectivity index (χ3v) is 5.79. The van der Waals surface area contributed by atoms with E-state index < -0.39 is 0 Å². The molecule has 1 aliphatic heterocycles. The first kappa shape index (κ1) is 18.5. The van der Waals surface area contributed by atoms with E-state index in [2.05, 4.69) is 15.3 Å². The largest absolute Gasteiger partial charge is 0.440 e. The Morgan fingerprint density at radius 1 is 1.07 bits per heavy atom. The number of hydrogen-bond donors (Lipinski definition) is 0. The lowest BCUT2D eigenvalue weighted by Gasteiger charge is -2.30. The number of piperidine rings is 1. The number of carbonyl (C=O) groups excluding carboxylic acids is 1. The van der Waals surface area contributed by atoms with Crippen LogP contribution in [0.2, 0.25) is 0 Å². The summed E-state index contributed by atoms with van der Waals surface area (Å²) in [5.74, 6) is 0.929. The van der Waals surface area contributed by atoms with Gasteiger partial charge in [0.1, 0.15) is 5.52 Å². The Bertz CT molecular complexity index is 1180. The van der Waals surface area contributed by atoms with Gasteiger partial charge in [-0.05, 0) is 56.5 Å². The van der Waals surface area contributed by atoms with E-state index in [9.17, 15) is 4.79 Å². The number of carbonyl (C=O) groups is 1. The van der Waals surface area contributed by atoms with Crippen molar-refractivity contribution in [3.05, 3.63) is 71.4 Å². The molecule has 0 aliphatic carbocycles. The molecule has 0 radical (unpaired) electrons. The molecule has 0 bridgehead atoms. The van der Waals surface area contributed by atoms with Crippen LogP contribution in [0.3, 0.4) is 0 Å². The topological polar surface area (TPSA) is 77.1 Å². The summed E-state index contributed by atoms with van der Waals surface area (Å²) in [6.07, 6.45) is 1.65. The SMILES string of the molecule is Cc1cccc(-n2nnc(C(=O)N3CCC(c4nc5ccccc5o4)CC3)c2C)c1. The lowest BCUT2D eigenvalue weighted by molar-refractivity contribution is 0.0700. The maximum absolute atomic E-state index is 13.1. The highest BCUT2D eigenvalue weighted by atomic mass is 16.3. The minimum atomic E-state index is -0.0672. The maximum Gasteiger partial charge on any atom is 0.276 e. The Morgan fingerprint density at radius 2 is 1.87 bits per heavy atom. The zero-order valence-electron chi connectivity index (χ0n) is 17.1. The van der Waals surface area contributed by atoms with Gasteiger partial charge in [-0.15, -0.1) is 5.10 Å². The molecule has 7 nitrogen and oxygen atoms in total. The van der Waals surface area contributed by atoms with Crippen LogP contribution in [0.15, 0.2) is 52.9 Å². The van der Waals surface area contributed by atoms with Crippen molar-refractivity contribution < 1.29 is 9.21 Å². The summed E-state index contributed by atoms with van der Waals surface area (Å²) in [6.45, 7) is 5.22. The van der Waals surface area contributed by atoms with Gasteiger partial charge in [-0.3, -0.25) is 4.79 Å². The number of oxazole rings is 1. The second-order valence-electron chi connectivity index (χ2n) is 7.86. The summed E-state index contributed by atoms with van der Waals surface area (Å²) in [4.78, 5) is 19.6. The molecule has 152 valence electrons. The molecular formula is C23H23N5O2. The first-order valence-electron chi connectivity index (χ1n) is 10.2. The van der Waals surface area contributed by atoms with Gasteiger partial charge in [-0.25, -0.2) is 9.67 Å². The van der Waals surface area contributed by atoms with Crippen LogP contribution in [0.25, 0.3) is 16.8 Å². The molecular weight excluding hydrogens is 378 g/mol. The number of rotatable bonds is 3. The molecule has 0 N–H and O–H groups in total. The molecule has 2 aromatic carbocycles. The van der Waals surface area contributed by atoms with E-state index in [4.69, 9.17) is 4.42 Å². The van der Waals surface area contributed by atoms with Crippen molar-refractivity contribution in [1.82, 2.24) is 24.9 Å². The Morgan fingerprint density at radius 3 is 2.63 bits per heavy atom. The van der Waals surface area contributed by atoms with E-state index in [1.54, 1.807) is 4.68 Å². The van der Waals surface area contributed by atoms with Gasteiger partial charge in [0.25, 0.3) is 5.91 Å². The van der Waals surface area contributed by atoms with Crippen LogP contribution < -0.4 is 0 Å². The molecule has 1 aliphatic rings. The zero-order chi connectivity index (χ0) is 20.7. The Balaban J connectivity index is 1.30. The number of aromatic nitrogens is 4. The Labute approximate surface area is 174 Å². The van der Waals surface area contributed by atoms with Gasteiger partial charge in [-0.1, -0.05) is 29.5 Å². The molecule has 1 saturated heterocycles. The van der Waals surface area contributed by atoms with Crippen LogP contribution in [0, 0.1) is 13.8 Å². The molecule has 5 rings (SSSR count). The van der Waals surface area contributed by atoms with E-state index in [0.717, 1.165) is 46.8 Å². The summed E-state index contributed by atoms with van der Waals surface area (Å²) in [5, 5.41) is 8.42. The summed E-state index contributed by atoms with van der Waals surface area (Å²) in [7, 11) is 0. The van der Waals surface area contributed by atoms with Gasteiger partial charge in [0.15, 0.2) is 17.2 Å². The van der Waals surface area contributed by atoms with E-state index in [0.29, 0.717) is 18.8 Å². The maximum atomic E-state index is 13.1. The van der Waals surface area contributed by atoms with Gasteiger partial charge in [0.05, 0.1) is 11.4 Å². The number of amides is 1. The molecule has 4 aromatic rings. The van der Waals surface area contributed by atoms with Crippen molar-refractivity contribution >= 4 is 17.0 Å².